The fourth-order valence-corrected chi connectivity index (χ4v) is 2.73. The van der Waals surface area contributed by atoms with Crippen molar-refractivity contribution in [1.82, 2.24) is 19.5 Å². The molecular formula is C19H16N4O3. The zero-order chi connectivity index (χ0) is 18.1. The molecule has 0 aliphatic rings. The van der Waals surface area contributed by atoms with Gasteiger partial charge in [0.2, 0.25) is 5.89 Å². The minimum absolute atomic E-state index is 0.224. The maximum absolute atomic E-state index is 11.9. The molecular weight excluding hydrogens is 332 g/mol. The van der Waals surface area contributed by atoms with Crippen molar-refractivity contribution in [2.75, 3.05) is 6.61 Å². The Hall–Kier alpha value is -3.48. The van der Waals surface area contributed by atoms with Crippen molar-refractivity contribution in [1.29, 1.82) is 0 Å². The van der Waals surface area contributed by atoms with Crippen LogP contribution in [0.3, 0.4) is 0 Å². The van der Waals surface area contributed by atoms with Gasteiger partial charge in [0.15, 0.2) is 5.58 Å². The Bertz CT molecular complexity index is 1100. The Labute approximate surface area is 149 Å². The molecule has 26 heavy (non-hydrogen) atoms. The molecule has 7 heteroatoms. The first-order valence-corrected chi connectivity index (χ1v) is 8.16. The molecule has 0 amide bonds. The summed E-state index contributed by atoms with van der Waals surface area (Å²) in [6, 6.07) is 9.15. The fraction of sp³-hybridized carbons (Fsp3) is 0.158. The molecule has 1 aromatic carbocycles. The summed E-state index contributed by atoms with van der Waals surface area (Å²) in [7, 11) is 1.94. The lowest BCUT2D eigenvalue weighted by Crippen LogP contribution is -2.06. The predicted octanol–water partition coefficient (Wildman–Crippen LogP) is 3.47. The lowest BCUT2D eigenvalue weighted by molar-refractivity contribution is 0.0519. The number of aryl methyl sites for hydroxylation is 1. The second kappa shape index (κ2) is 6.44. The van der Waals surface area contributed by atoms with E-state index in [1.54, 1.807) is 31.6 Å². The van der Waals surface area contributed by atoms with Gasteiger partial charge < -0.3 is 13.7 Å². The molecule has 0 bridgehead atoms. The molecule has 0 unspecified atom stereocenters. The van der Waals surface area contributed by atoms with E-state index in [1.165, 1.54) is 6.20 Å². The summed E-state index contributed by atoms with van der Waals surface area (Å²) < 4.78 is 12.8. The summed E-state index contributed by atoms with van der Waals surface area (Å²) in [4.78, 5) is 24.6. The van der Waals surface area contributed by atoms with Crippen LogP contribution in [0, 0.1) is 0 Å². The third kappa shape index (κ3) is 2.83. The smallest absolute Gasteiger partial charge is 0.356 e. The quantitative estimate of drug-likeness (QED) is 0.525. The molecule has 0 aliphatic heterocycles. The number of ether oxygens (including phenoxy) is 1. The maximum atomic E-state index is 11.9. The van der Waals surface area contributed by atoms with E-state index in [0.29, 0.717) is 23.6 Å². The normalized spacial score (nSPS) is 11.0. The molecule has 0 spiro atoms. The zero-order valence-corrected chi connectivity index (χ0v) is 14.3. The molecule has 4 aromatic rings. The third-order valence-corrected chi connectivity index (χ3v) is 3.99. The average molecular weight is 348 g/mol. The second-order valence-electron chi connectivity index (χ2n) is 5.74. The molecule has 0 saturated carbocycles. The number of hydrogen-bond donors (Lipinski definition) is 0. The fourth-order valence-electron chi connectivity index (χ4n) is 2.73. The van der Waals surface area contributed by atoms with Crippen LogP contribution in [-0.2, 0) is 11.8 Å². The highest BCUT2D eigenvalue weighted by Crippen LogP contribution is 2.28. The van der Waals surface area contributed by atoms with Gasteiger partial charge in [-0.25, -0.2) is 19.7 Å². The second-order valence-corrected chi connectivity index (χ2v) is 5.74. The van der Waals surface area contributed by atoms with Crippen LogP contribution in [-0.4, -0.2) is 32.1 Å². The van der Waals surface area contributed by atoms with Crippen LogP contribution >= 0.6 is 0 Å². The summed E-state index contributed by atoms with van der Waals surface area (Å²) in [5.41, 5.74) is 4.28. The Morgan fingerprint density at radius 1 is 1.23 bits per heavy atom. The van der Waals surface area contributed by atoms with E-state index >= 15 is 0 Å². The van der Waals surface area contributed by atoms with Gasteiger partial charge in [-0.05, 0) is 37.3 Å². The number of esters is 1. The molecule has 0 radical (unpaired) electrons. The first kappa shape index (κ1) is 16.0. The van der Waals surface area contributed by atoms with Gasteiger partial charge in [0.1, 0.15) is 11.2 Å². The van der Waals surface area contributed by atoms with Crippen molar-refractivity contribution >= 4 is 17.1 Å². The molecule has 0 aliphatic carbocycles. The highest BCUT2D eigenvalue weighted by Gasteiger charge is 2.14. The van der Waals surface area contributed by atoms with Crippen LogP contribution in [0.4, 0.5) is 0 Å². The van der Waals surface area contributed by atoms with E-state index in [4.69, 9.17) is 9.15 Å². The lowest BCUT2D eigenvalue weighted by atomic mass is 10.1. The topological polar surface area (TPSA) is 83.0 Å². The number of carbonyl (C=O) groups is 1. The van der Waals surface area contributed by atoms with Crippen molar-refractivity contribution in [3.8, 4) is 22.7 Å². The number of rotatable bonds is 4. The summed E-state index contributed by atoms with van der Waals surface area (Å²) in [5, 5.41) is 0. The highest BCUT2D eigenvalue weighted by atomic mass is 16.5. The number of pyridine rings is 1. The lowest BCUT2D eigenvalue weighted by Gasteiger charge is -2.01. The maximum Gasteiger partial charge on any atom is 0.356 e. The minimum atomic E-state index is -0.469. The molecule has 0 fully saturated rings. The van der Waals surface area contributed by atoms with E-state index in [2.05, 4.69) is 15.0 Å². The van der Waals surface area contributed by atoms with Crippen LogP contribution in [0.5, 0.6) is 0 Å². The van der Waals surface area contributed by atoms with E-state index in [1.807, 2.05) is 29.8 Å². The summed E-state index contributed by atoms with van der Waals surface area (Å²) >= 11 is 0. The van der Waals surface area contributed by atoms with E-state index in [9.17, 15) is 4.79 Å². The SMILES string of the molecule is CCOC(=O)c1cc(-c2nc3cc(-c4cncn4C)ccc3o2)ccn1. The van der Waals surface area contributed by atoms with Gasteiger partial charge in [-0.2, -0.15) is 0 Å². The highest BCUT2D eigenvalue weighted by molar-refractivity contribution is 5.89. The molecule has 0 saturated heterocycles. The number of aromatic nitrogens is 4. The Balaban J connectivity index is 1.73. The third-order valence-electron chi connectivity index (χ3n) is 3.99. The Morgan fingerprint density at radius 2 is 2.12 bits per heavy atom. The molecule has 0 N–H and O–H groups in total. The van der Waals surface area contributed by atoms with Gasteiger partial charge >= 0.3 is 5.97 Å². The molecule has 130 valence electrons. The Kier molecular flexibility index (Phi) is 3.96. The van der Waals surface area contributed by atoms with Crippen molar-refractivity contribution < 1.29 is 13.9 Å². The van der Waals surface area contributed by atoms with Gasteiger partial charge in [0.25, 0.3) is 0 Å². The van der Waals surface area contributed by atoms with Crippen molar-refractivity contribution in [2.24, 2.45) is 7.05 Å². The van der Waals surface area contributed by atoms with Crippen molar-refractivity contribution in [3.63, 3.8) is 0 Å². The molecule has 7 nitrogen and oxygen atoms in total. The van der Waals surface area contributed by atoms with Gasteiger partial charge in [-0.3, -0.25) is 0 Å². The standard InChI is InChI=1S/C19H16N4O3/c1-3-25-19(24)15-9-13(6-7-21-15)18-22-14-8-12(4-5-17(14)26-18)16-10-20-11-23(16)2/h4-11H,3H2,1-2H3. The van der Waals surface area contributed by atoms with Crippen LogP contribution in [0.25, 0.3) is 33.8 Å². The number of imidazole rings is 1. The number of benzene rings is 1. The zero-order valence-electron chi connectivity index (χ0n) is 14.3. The van der Waals surface area contributed by atoms with Gasteiger partial charge in [0, 0.05) is 24.4 Å². The monoisotopic (exact) mass is 348 g/mol. The number of fused-ring (bicyclic) bond motifs is 1. The molecule has 0 atom stereocenters. The largest absolute Gasteiger partial charge is 0.461 e. The number of carbonyl (C=O) groups excluding carboxylic acids is 1. The minimum Gasteiger partial charge on any atom is -0.461 e. The number of oxazole rings is 1. The van der Waals surface area contributed by atoms with Crippen molar-refractivity contribution in [2.45, 2.75) is 6.92 Å². The van der Waals surface area contributed by atoms with Gasteiger partial charge in [-0.15, -0.1) is 0 Å². The van der Waals surface area contributed by atoms with E-state index < -0.39 is 5.97 Å². The number of nitrogens with zero attached hydrogens (tertiary/aromatic N) is 4. The van der Waals surface area contributed by atoms with E-state index in [0.717, 1.165) is 16.8 Å². The predicted molar refractivity (Wildman–Crippen MR) is 95.4 cm³/mol. The van der Waals surface area contributed by atoms with Crippen LogP contribution in [0.1, 0.15) is 17.4 Å². The van der Waals surface area contributed by atoms with Crippen LogP contribution < -0.4 is 0 Å². The van der Waals surface area contributed by atoms with Gasteiger partial charge in [0.05, 0.1) is 24.8 Å². The molecule has 3 aromatic heterocycles. The molecule has 3 heterocycles. The number of hydrogen-bond acceptors (Lipinski definition) is 6. The summed E-state index contributed by atoms with van der Waals surface area (Å²) in [6.45, 7) is 2.05. The summed E-state index contributed by atoms with van der Waals surface area (Å²) in [6.07, 6.45) is 5.09. The first-order chi connectivity index (χ1) is 12.7. The van der Waals surface area contributed by atoms with E-state index in [-0.39, 0.29) is 5.69 Å². The first-order valence-electron chi connectivity index (χ1n) is 8.16. The molecule has 4 rings (SSSR count). The Morgan fingerprint density at radius 3 is 2.88 bits per heavy atom. The summed E-state index contributed by atoms with van der Waals surface area (Å²) in [5.74, 6) is -0.0425. The van der Waals surface area contributed by atoms with Gasteiger partial charge in [-0.1, -0.05) is 0 Å². The van der Waals surface area contributed by atoms with Crippen LogP contribution in [0.15, 0.2) is 53.5 Å². The average Bonchev–Trinajstić information content (AvgIpc) is 3.27. The van der Waals surface area contributed by atoms with Crippen LogP contribution in [0.2, 0.25) is 0 Å². The van der Waals surface area contributed by atoms with Crippen molar-refractivity contribution in [3.05, 3.63) is 54.7 Å².